The maximum Gasteiger partial charge on any atom is 0.244 e. The molecule has 2 heterocycles. The Morgan fingerprint density at radius 3 is 2.73 bits per heavy atom. The molecule has 2 aromatic carbocycles. The highest BCUT2D eigenvalue weighted by molar-refractivity contribution is 5.99. The van der Waals surface area contributed by atoms with E-state index in [9.17, 15) is 4.79 Å². The number of rotatable bonds is 4. The van der Waals surface area contributed by atoms with Crippen molar-refractivity contribution in [3.05, 3.63) is 72.1 Å². The molecule has 1 aliphatic rings. The number of aromatic nitrogens is 2. The van der Waals surface area contributed by atoms with Crippen molar-refractivity contribution in [2.45, 2.75) is 18.9 Å². The van der Waals surface area contributed by atoms with Crippen molar-refractivity contribution in [2.24, 2.45) is 12.8 Å². The molecule has 0 saturated carbocycles. The van der Waals surface area contributed by atoms with Crippen LogP contribution in [0.25, 0.3) is 11.1 Å². The summed E-state index contributed by atoms with van der Waals surface area (Å²) in [7, 11) is 1.90. The van der Waals surface area contributed by atoms with Gasteiger partial charge in [-0.15, -0.1) is 0 Å². The van der Waals surface area contributed by atoms with Crippen molar-refractivity contribution in [2.75, 3.05) is 11.4 Å². The molecular formula is C21H22N4O. The summed E-state index contributed by atoms with van der Waals surface area (Å²) in [5, 5.41) is 4.23. The third-order valence-corrected chi connectivity index (χ3v) is 4.90. The van der Waals surface area contributed by atoms with E-state index in [2.05, 4.69) is 23.3 Å². The van der Waals surface area contributed by atoms with Gasteiger partial charge >= 0.3 is 0 Å². The summed E-state index contributed by atoms with van der Waals surface area (Å²) >= 11 is 0. The summed E-state index contributed by atoms with van der Waals surface area (Å²) in [5.74, 6) is -0.0176. The second-order valence-corrected chi connectivity index (χ2v) is 6.78. The quantitative estimate of drug-likeness (QED) is 0.790. The first kappa shape index (κ1) is 16.5. The van der Waals surface area contributed by atoms with Crippen LogP contribution in [0.1, 0.15) is 11.1 Å². The molecule has 5 heteroatoms. The lowest BCUT2D eigenvalue weighted by Gasteiger charge is -2.22. The zero-order valence-corrected chi connectivity index (χ0v) is 14.8. The number of nitrogens with two attached hydrogens (primary N) is 1. The van der Waals surface area contributed by atoms with Crippen molar-refractivity contribution in [3.63, 3.8) is 0 Å². The minimum absolute atomic E-state index is 0.0176. The van der Waals surface area contributed by atoms with E-state index in [-0.39, 0.29) is 5.91 Å². The van der Waals surface area contributed by atoms with Crippen LogP contribution < -0.4 is 10.6 Å². The molecule has 5 nitrogen and oxygen atoms in total. The van der Waals surface area contributed by atoms with Gasteiger partial charge in [-0.1, -0.05) is 42.5 Å². The maximum absolute atomic E-state index is 12.9. The Hall–Kier alpha value is -2.92. The van der Waals surface area contributed by atoms with Crippen LogP contribution in [0.15, 0.2) is 60.9 Å². The maximum atomic E-state index is 12.9. The van der Waals surface area contributed by atoms with Crippen LogP contribution in [-0.4, -0.2) is 28.3 Å². The molecule has 1 aliphatic heterocycles. The highest BCUT2D eigenvalue weighted by Crippen LogP contribution is 2.33. The summed E-state index contributed by atoms with van der Waals surface area (Å²) < 4.78 is 1.78. The van der Waals surface area contributed by atoms with Crippen LogP contribution in [0.5, 0.6) is 0 Å². The number of aryl methyl sites for hydroxylation is 1. The Morgan fingerprint density at radius 2 is 2.00 bits per heavy atom. The summed E-state index contributed by atoms with van der Waals surface area (Å²) in [6.07, 6.45) is 5.23. The van der Waals surface area contributed by atoms with Crippen molar-refractivity contribution in [1.29, 1.82) is 0 Å². The van der Waals surface area contributed by atoms with E-state index in [0.29, 0.717) is 13.0 Å². The number of benzene rings is 2. The van der Waals surface area contributed by atoms with E-state index in [0.717, 1.165) is 28.8 Å². The molecule has 0 saturated heterocycles. The molecular weight excluding hydrogens is 324 g/mol. The van der Waals surface area contributed by atoms with Gasteiger partial charge < -0.3 is 10.6 Å². The lowest BCUT2D eigenvalue weighted by atomic mass is 10.0. The molecule has 3 aromatic rings. The van der Waals surface area contributed by atoms with Gasteiger partial charge in [-0.3, -0.25) is 9.48 Å². The standard InChI is InChI=1S/C21H22N4O/c1-24-14-18(13-23-24)17-8-7-16-9-10-25(20(16)12-17)21(26)19(22)11-15-5-3-2-4-6-15/h2-8,12-14,19H,9-11,22H2,1H3/t19-/m0/s1. The molecule has 132 valence electrons. The number of amides is 1. The smallest absolute Gasteiger partial charge is 0.244 e. The van der Waals surface area contributed by atoms with E-state index in [4.69, 9.17) is 5.73 Å². The highest BCUT2D eigenvalue weighted by atomic mass is 16.2. The number of carbonyl (C=O) groups excluding carboxylic acids is 1. The van der Waals surface area contributed by atoms with Crippen molar-refractivity contribution < 1.29 is 4.79 Å². The second kappa shape index (κ2) is 6.77. The molecule has 0 unspecified atom stereocenters. The summed E-state index contributed by atoms with van der Waals surface area (Å²) in [6, 6.07) is 15.7. The summed E-state index contributed by atoms with van der Waals surface area (Å²) in [4.78, 5) is 14.8. The van der Waals surface area contributed by atoms with Gasteiger partial charge in [-0.05, 0) is 35.6 Å². The number of nitrogens with zero attached hydrogens (tertiary/aromatic N) is 3. The predicted molar refractivity (Wildman–Crippen MR) is 103 cm³/mol. The number of fused-ring (bicyclic) bond motifs is 1. The van der Waals surface area contributed by atoms with E-state index in [1.54, 1.807) is 4.68 Å². The Balaban J connectivity index is 1.57. The lowest BCUT2D eigenvalue weighted by Crippen LogP contribution is -2.44. The molecule has 0 radical (unpaired) electrons. The van der Waals surface area contributed by atoms with Gasteiger partial charge in [0.1, 0.15) is 0 Å². The average molecular weight is 346 g/mol. The van der Waals surface area contributed by atoms with E-state index in [1.807, 2.05) is 54.7 Å². The zero-order valence-electron chi connectivity index (χ0n) is 14.8. The van der Waals surface area contributed by atoms with Crippen molar-refractivity contribution in [3.8, 4) is 11.1 Å². The van der Waals surface area contributed by atoms with Crippen molar-refractivity contribution in [1.82, 2.24) is 9.78 Å². The van der Waals surface area contributed by atoms with E-state index < -0.39 is 6.04 Å². The largest absolute Gasteiger partial charge is 0.320 e. The van der Waals surface area contributed by atoms with Crippen LogP contribution in [0.4, 0.5) is 5.69 Å². The van der Waals surface area contributed by atoms with Crippen LogP contribution >= 0.6 is 0 Å². The first-order chi connectivity index (χ1) is 12.6. The molecule has 4 rings (SSSR count). The number of anilines is 1. The normalized spacial score (nSPS) is 14.3. The van der Waals surface area contributed by atoms with Gasteiger partial charge in [0.15, 0.2) is 0 Å². The summed E-state index contributed by atoms with van der Waals surface area (Å²) in [6.45, 7) is 0.688. The molecule has 26 heavy (non-hydrogen) atoms. The zero-order chi connectivity index (χ0) is 18.1. The third-order valence-electron chi connectivity index (χ3n) is 4.90. The molecule has 1 amide bonds. The van der Waals surface area contributed by atoms with E-state index in [1.165, 1.54) is 5.56 Å². The SMILES string of the molecule is Cn1cc(-c2ccc3c(c2)N(C(=O)[C@@H](N)Cc2ccccc2)CC3)cn1. The minimum Gasteiger partial charge on any atom is -0.320 e. The third kappa shape index (κ3) is 3.13. The minimum atomic E-state index is -0.537. The molecule has 0 aliphatic carbocycles. The Kier molecular flexibility index (Phi) is 4.31. The van der Waals surface area contributed by atoms with Gasteiger partial charge in [-0.2, -0.15) is 5.10 Å². The Labute approximate surface area is 153 Å². The van der Waals surface area contributed by atoms with Crippen LogP contribution in [0.3, 0.4) is 0 Å². The monoisotopic (exact) mass is 346 g/mol. The van der Waals surface area contributed by atoms with Crippen LogP contribution in [0, 0.1) is 0 Å². The average Bonchev–Trinajstić information content (AvgIpc) is 3.27. The molecule has 0 fully saturated rings. The Bertz CT molecular complexity index is 932. The number of carbonyl (C=O) groups is 1. The van der Waals surface area contributed by atoms with Gasteiger partial charge in [-0.25, -0.2) is 0 Å². The molecule has 0 bridgehead atoms. The second-order valence-electron chi connectivity index (χ2n) is 6.78. The topological polar surface area (TPSA) is 64.2 Å². The molecule has 1 atom stereocenters. The van der Waals surface area contributed by atoms with Gasteiger partial charge in [0, 0.05) is 31.0 Å². The van der Waals surface area contributed by atoms with Gasteiger partial charge in [0.2, 0.25) is 5.91 Å². The number of hydrogen-bond acceptors (Lipinski definition) is 3. The molecule has 2 N–H and O–H groups in total. The highest BCUT2D eigenvalue weighted by Gasteiger charge is 2.28. The fraction of sp³-hybridized carbons (Fsp3) is 0.238. The number of hydrogen-bond donors (Lipinski definition) is 1. The van der Waals surface area contributed by atoms with Crippen LogP contribution in [0.2, 0.25) is 0 Å². The fourth-order valence-electron chi connectivity index (χ4n) is 3.51. The van der Waals surface area contributed by atoms with Gasteiger partial charge in [0.05, 0.1) is 12.2 Å². The van der Waals surface area contributed by atoms with Crippen LogP contribution in [-0.2, 0) is 24.7 Å². The molecule has 1 aromatic heterocycles. The van der Waals surface area contributed by atoms with E-state index >= 15 is 0 Å². The lowest BCUT2D eigenvalue weighted by molar-refractivity contribution is -0.119. The van der Waals surface area contributed by atoms with Gasteiger partial charge in [0.25, 0.3) is 0 Å². The Morgan fingerprint density at radius 1 is 1.19 bits per heavy atom. The predicted octanol–water partition coefficient (Wildman–Crippen LogP) is 2.55. The fourth-order valence-corrected chi connectivity index (χ4v) is 3.51. The first-order valence-corrected chi connectivity index (χ1v) is 8.84. The first-order valence-electron chi connectivity index (χ1n) is 8.84. The summed E-state index contributed by atoms with van der Waals surface area (Å²) in [5.41, 5.74) is 11.6. The van der Waals surface area contributed by atoms with Crippen molar-refractivity contribution >= 4 is 11.6 Å². The molecule has 0 spiro atoms.